The molecule has 1 aromatic carbocycles. The van der Waals surface area contributed by atoms with Crippen LogP contribution >= 0.6 is 0 Å². The minimum absolute atomic E-state index is 0.0223. The van der Waals surface area contributed by atoms with Crippen LogP contribution in [0.3, 0.4) is 0 Å². The maximum atomic E-state index is 13.1. The van der Waals surface area contributed by atoms with Gasteiger partial charge in [0.25, 0.3) is 0 Å². The molecule has 1 saturated carbocycles. The molecule has 1 N–H and O–H groups in total. The Hall–Kier alpha value is -1.40. The van der Waals surface area contributed by atoms with E-state index < -0.39 is 15.6 Å². The first-order chi connectivity index (χ1) is 12.0. The van der Waals surface area contributed by atoms with Crippen LogP contribution in [-0.2, 0) is 14.8 Å². The van der Waals surface area contributed by atoms with Crippen molar-refractivity contribution in [3.05, 3.63) is 35.9 Å². The second kappa shape index (κ2) is 6.40. The number of carbonyl (C=O) groups is 1. The highest BCUT2D eigenvalue weighted by atomic mass is 32.2. The van der Waals surface area contributed by atoms with Gasteiger partial charge in [0.15, 0.2) is 0 Å². The second-order valence-electron chi connectivity index (χ2n) is 7.77. The fourth-order valence-electron chi connectivity index (χ4n) is 4.92. The van der Waals surface area contributed by atoms with E-state index in [-0.39, 0.29) is 17.1 Å². The Labute approximate surface area is 149 Å². The SMILES string of the molecule is O=C1CCC[C@]2(CN(S(=O)(=O)C3CCCC3)C[C@H]2c2ccccc2)N1. The molecule has 0 radical (unpaired) electrons. The van der Waals surface area contributed by atoms with Gasteiger partial charge in [-0.1, -0.05) is 43.2 Å². The number of piperidine rings is 1. The number of nitrogens with zero attached hydrogens (tertiary/aromatic N) is 1. The van der Waals surface area contributed by atoms with Crippen molar-refractivity contribution in [2.24, 2.45) is 0 Å². The molecule has 0 unspecified atom stereocenters. The van der Waals surface area contributed by atoms with Crippen molar-refractivity contribution >= 4 is 15.9 Å². The lowest BCUT2D eigenvalue weighted by Gasteiger charge is -2.39. The predicted molar refractivity (Wildman–Crippen MR) is 96.7 cm³/mol. The highest BCUT2D eigenvalue weighted by Crippen LogP contribution is 2.43. The van der Waals surface area contributed by atoms with Crippen LogP contribution in [0.2, 0.25) is 0 Å². The third-order valence-electron chi connectivity index (χ3n) is 6.21. The van der Waals surface area contributed by atoms with E-state index in [0.29, 0.717) is 19.5 Å². The Balaban J connectivity index is 1.68. The van der Waals surface area contributed by atoms with E-state index in [1.807, 2.05) is 18.2 Å². The van der Waals surface area contributed by atoms with E-state index in [4.69, 9.17) is 0 Å². The normalized spacial score (nSPS) is 31.5. The highest BCUT2D eigenvalue weighted by molar-refractivity contribution is 7.89. The summed E-state index contributed by atoms with van der Waals surface area (Å²) in [6.45, 7) is 0.889. The van der Waals surface area contributed by atoms with Gasteiger partial charge in [-0.15, -0.1) is 0 Å². The molecular formula is C19H26N2O3S. The molecule has 2 heterocycles. The summed E-state index contributed by atoms with van der Waals surface area (Å²) in [6, 6.07) is 10.1. The van der Waals surface area contributed by atoms with Crippen LogP contribution in [0.1, 0.15) is 56.4 Å². The summed E-state index contributed by atoms with van der Waals surface area (Å²) in [7, 11) is -3.29. The molecule has 1 aromatic rings. The van der Waals surface area contributed by atoms with Gasteiger partial charge < -0.3 is 5.32 Å². The van der Waals surface area contributed by atoms with Gasteiger partial charge in [-0.25, -0.2) is 8.42 Å². The number of hydrogen-bond donors (Lipinski definition) is 1. The van der Waals surface area contributed by atoms with Gasteiger partial charge in [0.2, 0.25) is 15.9 Å². The monoisotopic (exact) mass is 362 g/mol. The molecule has 4 rings (SSSR count). The number of nitrogens with one attached hydrogen (secondary N) is 1. The van der Waals surface area contributed by atoms with Crippen molar-refractivity contribution in [1.29, 1.82) is 0 Å². The lowest BCUT2D eigenvalue weighted by molar-refractivity contribution is -0.125. The van der Waals surface area contributed by atoms with Crippen LogP contribution in [0.25, 0.3) is 0 Å². The minimum Gasteiger partial charge on any atom is -0.349 e. The molecule has 1 spiro atoms. The summed E-state index contributed by atoms with van der Waals surface area (Å²) in [5, 5.41) is 2.95. The van der Waals surface area contributed by atoms with Gasteiger partial charge in [-0.3, -0.25) is 4.79 Å². The summed E-state index contributed by atoms with van der Waals surface area (Å²) >= 11 is 0. The molecule has 0 aromatic heterocycles. The summed E-state index contributed by atoms with van der Waals surface area (Å²) < 4.78 is 27.9. The van der Waals surface area contributed by atoms with Crippen LogP contribution in [0.15, 0.2) is 30.3 Å². The van der Waals surface area contributed by atoms with Gasteiger partial charge >= 0.3 is 0 Å². The molecule has 2 saturated heterocycles. The summed E-state index contributed by atoms with van der Waals surface area (Å²) in [5.41, 5.74) is 0.663. The van der Waals surface area contributed by atoms with Gasteiger partial charge in [0.1, 0.15) is 0 Å². The highest BCUT2D eigenvalue weighted by Gasteiger charge is 2.53. The Morgan fingerprint density at radius 2 is 1.80 bits per heavy atom. The van der Waals surface area contributed by atoms with Gasteiger partial charge in [-0.2, -0.15) is 4.31 Å². The van der Waals surface area contributed by atoms with Crippen molar-refractivity contribution in [3.63, 3.8) is 0 Å². The molecule has 0 bridgehead atoms. The summed E-state index contributed by atoms with van der Waals surface area (Å²) in [6.07, 6.45) is 5.76. The van der Waals surface area contributed by atoms with Crippen LogP contribution in [0, 0.1) is 0 Å². The lowest BCUT2D eigenvalue weighted by atomic mass is 9.76. The zero-order chi connectivity index (χ0) is 17.5. The average Bonchev–Trinajstić information content (AvgIpc) is 3.25. The molecular weight excluding hydrogens is 336 g/mol. The molecule has 1 aliphatic carbocycles. The first kappa shape index (κ1) is 17.0. The first-order valence-electron chi connectivity index (χ1n) is 9.36. The Morgan fingerprint density at radius 3 is 2.48 bits per heavy atom. The van der Waals surface area contributed by atoms with E-state index >= 15 is 0 Å². The first-order valence-corrected chi connectivity index (χ1v) is 10.9. The molecule has 25 heavy (non-hydrogen) atoms. The van der Waals surface area contributed by atoms with Crippen molar-refractivity contribution in [2.75, 3.05) is 13.1 Å². The molecule has 2 aliphatic heterocycles. The summed E-state index contributed by atoms with van der Waals surface area (Å²) in [4.78, 5) is 12.1. The standard InChI is InChI=1S/C19H26N2O3S/c22-18-11-6-12-19(20-18)14-21(25(23,24)16-9-4-5-10-16)13-17(19)15-7-2-1-3-8-15/h1-3,7-8,16-17H,4-6,9-14H2,(H,20,22)/t17-,19+/m0/s1. The van der Waals surface area contributed by atoms with Crippen LogP contribution in [0.5, 0.6) is 0 Å². The smallest absolute Gasteiger partial charge is 0.220 e. The van der Waals surface area contributed by atoms with Crippen molar-refractivity contribution < 1.29 is 13.2 Å². The van der Waals surface area contributed by atoms with Crippen LogP contribution in [-0.4, -0.2) is 42.5 Å². The zero-order valence-electron chi connectivity index (χ0n) is 14.5. The van der Waals surface area contributed by atoms with Gasteiger partial charge in [-0.05, 0) is 31.2 Å². The van der Waals surface area contributed by atoms with Crippen LogP contribution in [0.4, 0.5) is 0 Å². The number of amides is 1. The fraction of sp³-hybridized carbons (Fsp3) is 0.632. The maximum absolute atomic E-state index is 13.1. The largest absolute Gasteiger partial charge is 0.349 e. The molecule has 2 atom stereocenters. The van der Waals surface area contributed by atoms with Gasteiger partial charge in [0, 0.05) is 25.4 Å². The number of sulfonamides is 1. The molecule has 5 nitrogen and oxygen atoms in total. The third-order valence-corrected chi connectivity index (χ3v) is 8.52. The van der Waals surface area contributed by atoms with Crippen LogP contribution < -0.4 is 5.32 Å². The molecule has 1 amide bonds. The zero-order valence-corrected chi connectivity index (χ0v) is 15.3. The van der Waals surface area contributed by atoms with E-state index in [1.54, 1.807) is 4.31 Å². The predicted octanol–water partition coefficient (Wildman–Crippen LogP) is 2.40. The number of rotatable bonds is 3. The van der Waals surface area contributed by atoms with E-state index in [2.05, 4.69) is 17.4 Å². The third kappa shape index (κ3) is 2.99. The average molecular weight is 362 g/mol. The molecule has 3 fully saturated rings. The summed E-state index contributed by atoms with van der Waals surface area (Å²) in [5.74, 6) is 0.0708. The Bertz CT molecular complexity index is 743. The van der Waals surface area contributed by atoms with E-state index in [0.717, 1.165) is 44.1 Å². The topological polar surface area (TPSA) is 66.5 Å². The Morgan fingerprint density at radius 1 is 1.08 bits per heavy atom. The second-order valence-corrected chi connectivity index (χ2v) is 9.98. The molecule has 3 aliphatic rings. The van der Waals surface area contributed by atoms with Crippen molar-refractivity contribution in [2.45, 2.75) is 61.7 Å². The maximum Gasteiger partial charge on any atom is 0.220 e. The van der Waals surface area contributed by atoms with E-state index in [9.17, 15) is 13.2 Å². The molecule has 136 valence electrons. The van der Waals surface area contributed by atoms with Gasteiger partial charge in [0.05, 0.1) is 10.8 Å². The quantitative estimate of drug-likeness (QED) is 0.898. The van der Waals surface area contributed by atoms with Crippen molar-refractivity contribution in [3.8, 4) is 0 Å². The minimum atomic E-state index is -3.29. The number of benzene rings is 1. The number of carbonyl (C=O) groups excluding carboxylic acids is 1. The van der Waals surface area contributed by atoms with E-state index in [1.165, 1.54) is 0 Å². The Kier molecular flexibility index (Phi) is 4.36. The number of hydrogen-bond acceptors (Lipinski definition) is 3. The molecule has 6 heteroatoms. The van der Waals surface area contributed by atoms with Crippen molar-refractivity contribution in [1.82, 2.24) is 9.62 Å². The lowest BCUT2D eigenvalue weighted by Crippen LogP contribution is -2.56. The fourth-order valence-corrected chi connectivity index (χ4v) is 7.03.